The molecule has 0 unspecified atom stereocenters. The number of benzene rings is 2. The molecule has 0 bridgehead atoms. The quantitative estimate of drug-likeness (QED) is 0.621. The second-order valence-electron chi connectivity index (χ2n) is 5.63. The number of rotatable bonds is 3. The summed E-state index contributed by atoms with van der Waals surface area (Å²) in [6, 6.07) is 17.9. The van der Waals surface area contributed by atoms with Gasteiger partial charge in [0.05, 0.1) is 0 Å². The van der Waals surface area contributed by atoms with Crippen molar-refractivity contribution in [2.45, 2.75) is 19.3 Å². The molecule has 112 valence electrons. The van der Waals surface area contributed by atoms with Gasteiger partial charge in [-0.1, -0.05) is 66.8 Å². The van der Waals surface area contributed by atoms with Gasteiger partial charge in [-0.15, -0.1) is 0 Å². The lowest BCUT2D eigenvalue weighted by molar-refractivity contribution is 0.105. The summed E-state index contributed by atoms with van der Waals surface area (Å²) in [5.41, 5.74) is 2.94. The van der Waals surface area contributed by atoms with Crippen molar-refractivity contribution in [1.29, 1.82) is 0 Å². The van der Waals surface area contributed by atoms with Gasteiger partial charge in [0.25, 0.3) is 0 Å². The van der Waals surface area contributed by atoms with E-state index in [1.165, 1.54) is 6.42 Å². The van der Waals surface area contributed by atoms with Crippen LogP contribution in [0.1, 0.15) is 29.6 Å². The SMILES string of the molecule is O=C(C(=S)N1CCCCC1)c1ccc(-c2ccccc2)cc1. The van der Waals surface area contributed by atoms with E-state index in [0.29, 0.717) is 10.6 Å². The Morgan fingerprint density at radius 3 is 2.05 bits per heavy atom. The molecule has 0 amide bonds. The third-order valence-electron chi connectivity index (χ3n) is 4.09. The summed E-state index contributed by atoms with van der Waals surface area (Å²) in [5, 5.41) is 0. The molecule has 0 spiro atoms. The Labute approximate surface area is 136 Å². The van der Waals surface area contributed by atoms with Crippen LogP contribution in [0.25, 0.3) is 11.1 Å². The van der Waals surface area contributed by atoms with Gasteiger partial charge >= 0.3 is 0 Å². The minimum Gasteiger partial charge on any atom is -0.360 e. The number of Topliss-reactive ketones (excluding diaryl/α,β-unsaturated/α-hetero) is 1. The van der Waals surface area contributed by atoms with Crippen LogP contribution in [-0.2, 0) is 0 Å². The highest BCUT2D eigenvalue weighted by molar-refractivity contribution is 7.82. The Kier molecular flexibility index (Phi) is 4.64. The maximum absolute atomic E-state index is 12.5. The number of hydrogen-bond acceptors (Lipinski definition) is 2. The first-order chi connectivity index (χ1) is 10.8. The molecule has 1 fully saturated rings. The van der Waals surface area contributed by atoms with Crippen molar-refractivity contribution in [3.63, 3.8) is 0 Å². The molecular weight excluding hydrogens is 290 g/mol. The van der Waals surface area contributed by atoms with Gasteiger partial charge in [0.15, 0.2) is 4.99 Å². The summed E-state index contributed by atoms with van der Waals surface area (Å²) < 4.78 is 0. The van der Waals surface area contributed by atoms with Gasteiger partial charge < -0.3 is 4.90 Å². The van der Waals surface area contributed by atoms with Gasteiger partial charge in [0.2, 0.25) is 5.78 Å². The molecule has 1 heterocycles. The Morgan fingerprint density at radius 1 is 0.818 bits per heavy atom. The van der Waals surface area contributed by atoms with E-state index < -0.39 is 0 Å². The maximum atomic E-state index is 12.5. The number of likely N-dealkylation sites (tertiary alicyclic amines) is 1. The maximum Gasteiger partial charge on any atom is 0.220 e. The van der Waals surface area contributed by atoms with Crippen LogP contribution < -0.4 is 0 Å². The minimum atomic E-state index is -0.0310. The number of hydrogen-bond donors (Lipinski definition) is 0. The fourth-order valence-electron chi connectivity index (χ4n) is 2.81. The van der Waals surface area contributed by atoms with Crippen molar-refractivity contribution in [2.75, 3.05) is 13.1 Å². The van der Waals surface area contributed by atoms with Crippen molar-refractivity contribution in [2.24, 2.45) is 0 Å². The first-order valence-corrected chi connectivity index (χ1v) is 8.15. The molecular formula is C19H19NOS. The van der Waals surface area contributed by atoms with Crippen LogP contribution in [0, 0.1) is 0 Å². The zero-order chi connectivity index (χ0) is 15.4. The summed E-state index contributed by atoms with van der Waals surface area (Å²) in [6.07, 6.45) is 3.49. The summed E-state index contributed by atoms with van der Waals surface area (Å²) in [7, 11) is 0. The highest BCUT2D eigenvalue weighted by atomic mass is 32.1. The number of nitrogens with zero attached hydrogens (tertiary/aromatic N) is 1. The van der Waals surface area contributed by atoms with Crippen LogP contribution in [0.2, 0.25) is 0 Å². The number of carbonyl (C=O) groups is 1. The second kappa shape index (κ2) is 6.84. The van der Waals surface area contributed by atoms with E-state index in [4.69, 9.17) is 12.2 Å². The van der Waals surface area contributed by atoms with Crippen LogP contribution in [0.4, 0.5) is 0 Å². The van der Waals surface area contributed by atoms with Crippen molar-refractivity contribution in [3.05, 3.63) is 60.2 Å². The fraction of sp³-hybridized carbons (Fsp3) is 0.263. The Bertz CT molecular complexity index is 658. The molecule has 1 aliphatic rings. The van der Waals surface area contributed by atoms with Crippen molar-refractivity contribution >= 4 is 23.0 Å². The standard InChI is InChI=1S/C19H19NOS/c21-18(19(22)20-13-5-2-6-14-20)17-11-9-16(10-12-17)15-7-3-1-4-8-15/h1,3-4,7-12H,2,5-6,13-14H2. The van der Waals surface area contributed by atoms with Gasteiger partial charge in [-0.3, -0.25) is 4.79 Å². The van der Waals surface area contributed by atoms with Gasteiger partial charge in [-0.25, -0.2) is 0 Å². The molecule has 1 saturated heterocycles. The molecule has 0 aliphatic carbocycles. The molecule has 2 aromatic carbocycles. The van der Waals surface area contributed by atoms with Crippen LogP contribution in [0.5, 0.6) is 0 Å². The zero-order valence-corrected chi connectivity index (χ0v) is 13.3. The number of ketones is 1. The predicted octanol–water partition coefficient (Wildman–Crippen LogP) is 4.35. The third-order valence-corrected chi connectivity index (χ3v) is 4.54. The first-order valence-electron chi connectivity index (χ1n) is 7.75. The molecule has 2 nitrogen and oxygen atoms in total. The van der Waals surface area contributed by atoms with E-state index in [-0.39, 0.29) is 5.78 Å². The van der Waals surface area contributed by atoms with Gasteiger partial charge in [-0.2, -0.15) is 0 Å². The average molecular weight is 309 g/mol. The van der Waals surface area contributed by atoms with Crippen molar-refractivity contribution < 1.29 is 4.79 Å². The molecule has 0 aromatic heterocycles. The average Bonchev–Trinajstić information content (AvgIpc) is 2.62. The van der Waals surface area contributed by atoms with E-state index in [1.54, 1.807) is 0 Å². The minimum absolute atomic E-state index is 0.0310. The van der Waals surface area contributed by atoms with Crippen LogP contribution in [-0.4, -0.2) is 28.8 Å². The van der Waals surface area contributed by atoms with Crippen LogP contribution in [0.15, 0.2) is 54.6 Å². The molecule has 2 aromatic rings. The smallest absolute Gasteiger partial charge is 0.220 e. The molecule has 22 heavy (non-hydrogen) atoms. The third kappa shape index (κ3) is 3.25. The topological polar surface area (TPSA) is 20.3 Å². The van der Waals surface area contributed by atoms with Gasteiger partial charge in [-0.05, 0) is 30.4 Å². The monoisotopic (exact) mass is 309 g/mol. The Hall–Kier alpha value is -2.00. The fourth-order valence-corrected chi connectivity index (χ4v) is 3.11. The van der Waals surface area contributed by atoms with E-state index in [1.807, 2.05) is 47.4 Å². The molecule has 0 N–H and O–H groups in total. The lowest BCUT2D eigenvalue weighted by atomic mass is 10.0. The summed E-state index contributed by atoms with van der Waals surface area (Å²) in [6.45, 7) is 1.82. The van der Waals surface area contributed by atoms with E-state index in [2.05, 4.69) is 12.1 Å². The lowest BCUT2D eigenvalue weighted by Crippen LogP contribution is -2.38. The summed E-state index contributed by atoms with van der Waals surface area (Å²) >= 11 is 5.38. The Morgan fingerprint density at radius 2 is 1.41 bits per heavy atom. The first kappa shape index (κ1) is 14.9. The lowest BCUT2D eigenvalue weighted by Gasteiger charge is -2.28. The molecule has 3 rings (SSSR count). The molecule has 3 heteroatoms. The van der Waals surface area contributed by atoms with E-state index in [0.717, 1.165) is 37.1 Å². The molecule has 0 atom stereocenters. The number of thiocarbonyl (C=S) groups is 1. The largest absolute Gasteiger partial charge is 0.360 e. The Balaban J connectivity index is 1.75. The summed E-state index contributed by atoms with van der Waals surface area (Å²) in [5.74, 6) is -0.0310. The van der Waals surface area contributed by atoms with Crippen molar-refractivity contribution in [1.82, 2.24) is 4.90 Å². The summed E-state index contributed by atoms with van der Waals surface area (Å²) in [4.78, 5) is 15.0. The predicted molar refractivity (Wildman–Crippen MR) is 94.2 cm³/mol. The second-order valence-corrected chi connectivity index (χ2v) is 6.01. The molecule has 0 radical (unpaired) electrons. The number of piperidine rings is 1. The van der Waals surface area contributed by atoms with Crippen LogP contribution >= 0.6 is 12.2 Å². The zero-order valence-electron chi connectivity index (χ0n) is 12.5. The van der Waals surface area contributed by atoms with Crippen molar-refractivity contribution in [3.8, 4) is 11.1 Å². The highest BCUT2D eigenvalue weighted by Crippen LogP contribution is 2.20. The highest BCUT2D eigenvalue weighted by Gasteiger charge is 2.20. The normalized spacial score (nSPS) is 14.6. The van der Waals surface area contributed by atoms with E-state index >= 15 is 0 Å². The van der Waals surface area contributed by atoms with Gasteiger partial charge in [0, 0.05) is 18.7 Å². The number of carbonyl (C=O) groups excluding carboxylic acids is 1. The molecule has 1 aliphatic heterocycles. The van der Waals surface area contributed by atoms with E-state index in [9.17, 15) is 4.79 Å². The van der Waals surface area contributed by atoms with Gasteiger partial charge in [0.1, 0.15) is 0 Å². The van der Waals surface area contributed by atoms with Crippen LogP contribution in [0.3, 0.4) is 0 Å². The molecule has 0 saturated carbocycles.